The molecule has 4 heteroatoms. The van der Waals surface area contributed by atoms with Gasteiger partial charge in [0, 0.05) is 45.5 Å². The van der Waals surface area contributed by atoms with Crippen LogP contribution in [0.2, 0.25) is 0 Å². The minimum atomic E-state index is -0.440. The number of benzene rings is 10. The summed E-state index contributed by atoms with van der Waals surface area (Å²) in [6, 6.07) is 85.8. The van der Waals surface area contributed by atoms with E-state index >= 15 is 0 Å². The molecule has 0 saturated heterocycles. The molecule has 0 aromatic heterocycles. The Bertz CT molecular complexity index is 3930. The van der Waals surface area contributed by atoms with Crippen LogP contribution in [0.4, 0.5) is 51.2 Å². The number of anilines is 9. The van der Waals surface area contributed by atoms with E-state index in [0.29, 0.717) is 0 Å². The summed E-state index contributed by atoms with van der Waals surface area (Å²) in [5, 5.41) is 0. The molecule has 1 spiro atoms. The van der Waals surface area contributed by atoms with Crippen molar-refractivity contribution < 1.29 is 0 Å². The Morgan fingerprint density at radius 2 is 0.740 bits per heavy atom. The molecule has 0 amide bonds. The lowest BCUT2D eigenvalue weighted by Gasteiger charge is -2.46. The SMILES string of the molecule is CC(C)(C)c1cccc(N2c3cc(C(C)(C)C)ccc3B3c4ccc(C(C)(C)C)cc4N(c4ccc5c(c4)-c4ccccc4C54c5ccccc5-c5ccccc54)c4cc(N(c5ccccc5)c5ccccc5)cc2c43)c1. The summed E-state index contributed by atoms with van der Waals surface area (Å²) >= 11 is 0. The van der Waals surface area contributed by atoms with Crippen molar-refractivity contribution in [3.63, 3.8) is 0 Å². The standard InChI is InChI=1S/C73H64BN3/c1-70(2,3)47-23-22-28-52(41-47)76-65-42-48(71(4,5)6)35-39-63(65)74-64-40-36-49(72(7,8)9)43-66(64)77(68-46-54(45-67(76)69(68)74)75(50-24-12-10-13-25-50)51-26-14-11-15-27-51)53-37-38-62-58(44-53)57-31-18-21-34-61(57)73(62)59-32-19-16-29-55(59)56-30-17-20-33-60(56)73/h10-46H,1-9H3. The van der Waals surface area contributed by atoms with Gasteiger partial charge in [-0.15, -0.1) is 0 Å². The summed E-state index contributed by atoms with van der Waals surface area (Å²) in [5.41, 5.74) is 28.2. The second kappa shape index (κ2) is 16.8. The molecule has 77 heavy (non-hydrogen) atoms. The maximum atomic E-state index is 2.64. The molecule has 2 heterocycles. The van der Waals surface area contributed by atoms with Crippen molar-refractivity contribution in [2.45, 2.75) is 84.0 Å². The number of para-hydroxylation sites is 2. The third-order valence-corrected chi connectivity index (χ3v) is 17.3. The predicted molar refractivity (Wildman–Crippen MR) is 328 cm³/mol. The van der Waals surface area contributed by atoms with Gasteiger partial charge in [-0.1, -0.05) is 214 Å². The first-order chi connectivity index (χ1) is 37.1. The van der Waals surface area contributed by atoms with Gasteiger partial charge in [-0.3, -0.25) is 0 Å². The van der Waals surface area contributed by atoms with Gasteiger partial charge < -0.3 is 14.7 Å². The molecule has 14 rings (SSSR count). The average Bonchev–Trinajstić information content (AvgIpc) is 3.86. The van der Waals surface area contributed by atoms with Gasteiger partial charge in [0.25, 0.3) is 6.71 Å². The average molecular weight is 994 g/mol. The van der Waals surface area contributed by atoms with E-state index in [1.165, 1.54) is 100 Å². The Labute approximate surface area is 456 Å². The molecule has 374 valence electrons. The smallest absolute Gasteiger partial charge is 0.252 e. The maximum absolute atomic E-state index is 2.64. The third kappa shape index (κ3) is 7.03. The van der Waals surface area contributed by atoms with Crippen LogP contribution in [0.15, 0.2) is 224 Å². The highest BCUT2D eigenvalue weighted by Crippen LogP contribution is 2.63. The Balaban J connectivity index is 1.11. The quantitative estimate of drug-likeness (QED) is 0.159. The zero-order valence-corrected chi connectivity index (χ0v) is 45.8. The second-order valence-electron chi connectivity index (χ2n) is 25.0. The summed E-state index contributed by atoms with van der Waals surface area (Å²) in [6.45, 7) is 21.0. The fourth-order valence-electron chi connectivity index (χ4n) is 13.5. The predicted octanol–water partition coefficient (Wildman–Crippen LogP) is 17.5. The fraction of sp³-hybridized carbons (Fsp3) is 0.178. The molecule has 2 aliphatic heterocycles. The summed E-state index contributed by atoms with van der Waals surface area (Å²) in [4.78, 5) is 7.70. The monoisotopic (exact) mass is 994 g/mol. The third-order valence-electron chi connectivity index (χ3n) is 17.3. The van der Waals surface area contributed by atoms with Gasteiger partial charge in [-0.2, -0.15) is 0 Å². The van der Waals surface area contributed by atoms with E-state index in [0.717, 1.165) is 28.4 Å². The van der Waals surface area contributed by atoms with Crippen LogP contribution in [-0.2, 0) is 21.7 Å². The minimum absolute atomic E-state index is 0.0489. The van der Waals surface area contributed by atoms with E-state index in [9.17, 15) is 0 Å². The fourth-order valence-corrected chi connectivity index (χ4v) is 13.5. The Hall–Kier alpha value is -8.34. The van der Waals surface area contributed by atoms with Crippen molar-refractivity contribution in [1.82, 2.24) is 0 Å². The van der Waals surface area contributed by atoms with E-state index in [4.69, 9.17) is 0 Å². The van der Waals surface area contributed by atoms with Crippen LogP contribution in [0.1, 0.15) is 101 Å². The van der Waals surface area contributed by atoms with E-state index in [1.807, 2.05) is 0 Å². The van der Waals surface area contributed by atoms with E-state index in [2.05, 4.69) is 301 Å². The molecular weight excluding hydrogens is 930 g/mol. The lowest BCUT2D eigenvalue weighted by Crippen LogP contribution is -2.61. The van der Waals surface area contributed by atoms with Gasteiger partial charge >= 0.3 is 0 Å². The maximum Gasteiger partial charge on any atom is 0.252 e. The lowest BCUT2D eigenvalue weighted by molar-refractivity contribution is 0.590. The number of fused-ring (bicyclic) bond motifs is 14. The number of hydrogen-bond acceptors (Lipinski definition) is 3. The molecule has 0 atom stereocenters. The Morgan fingerprint density at radius 1 is 0.325 bits per heavy atom. The molecule has 10 aromatic rings. The number of rotatable bonds is 5. The molecule has 3 nitrogen and oxygen atoms in total. The Morgan fingerprint density at radius 3 is 1.22 bits per heavy atom. The molecule has 0 unspecified atom stereocenters. The first-order valence-electron chi connectivity index (χ1n) is 27.6. The summed E-state index contributed by atoms with van der Waals surface area (Å²) in [6.07, 6.45) is 0. The molecule has 0 N–H and O–H groups in total. The summed E-state index contributed by atoms with van der Waals surface area (Å²) in [5.74, 6) is 0. The topological polar surface area (TPSA) is 9.72 Å². The molecular formula is C73H64BN3. The van der Waals surface area contributed by atoms with Crippen molar-refractivity contribution >= 4 is 74.3 Å². The van der Waals surface area contributed by atoms with Crippen LogP contribution in [0.3, 0.4) is 0 Å². The van der Waals surface area contributed by atoms with Crippen LogP contribution in [-0.4, -0.2) is 6.71 Å². The largest absolute Gasteiger partial charge is 0.311 e. The van der Waals surface area contributed by atoms with Crippen molar-refractivity contribution in [2.24, 2.45) is 0 Å². The molecule has 0 radical (unpaired) electrons. The van der Waals surface area contributed by atoms with Gasteiger partial charge in [0.15, 0.2) is 0 Å². The Kier molecular flexibility index (Phi) is 10.3. The van der Waals surface area contributed by atoms with Crippen molar-refractivity contribution in [2.75, 3.05) is 14.7 Å². The highest BCUT2D eigenvalue weighted by Gasteiger charge is 2.52. The number of hydrogen-bond donors (Lipinski definition) is 0. The van der Waals surface area contributed by atoms with Crippen LogP contribution in [0.5, 0.6) is 0 Å². The summed E-state index contributed by atoms with van der Waals surface area (Å²) < 4.78 is 0. The van der Waals surface area contributed by atoms with Crippen LogP contribution < -0.4 is 31.1 Å². The van der Waals surface area contributed by atoms with Gasteiger partial charge in [-0.25, -0.2) is 0 Å². The van der Waals surface area contributed by atoms with Gasteiger partial charge in [0.1, 0.15) is 0 Å². The van der Waals surface area contributed by atoms with Gasteiger partial charge in [-0.05, 0) is 167 Å². The highest BCUT2D eigenvalue weighted by molar-refractivity contribution is 7.00. The first-order valence-corrected chi connectivity index (χ1v) is 27.6. The molecule has 0 fully saturated rings. The van der Waals surface area contributed by atoms with E-state index in [1.54, 1.807) is 0 Å². The van der Waals surface area contributed by atoms with E-state index in [-0.39, 0.29) is 23.0 Å². The highest BCUT2D eigenvalue weighted by atomic mass is 15.2. The minimum Gasteiger partial charge on any atom is -0.311 e. The van der Waals surface area contributed by atoms with Crippen LogP contribution in [0.25, 0.3) is 22.3 Å². The zero-order valence-electron chi connectivity index (χ0n) is 45.8. The van der Waals surface area contributed by atoms with Gasteiger partial charge in [0.05, 0.1) is 11.1 Å². The second-order valence-corrected chi connectivity index (χ2v) is 25.0. The molecule has 4 aliphatic rings. The summed E-state index contributed by atoms with van der Waals surface area (Å²) in [7, 11) is 0. The molecule has 0 bridgehead atoms. The molecule has 0 saturated carbocycles. The van der Waals surface area contributed by atoms with E-state index < -0.39 is 5.41 Å². The molecule has 10 aromatic carbocycles. The van der Waals surface area contributed by atoms with Crippen molar-refractivity contribution in [1.29, 1.82) is 0 Å². The molecule has 2 aliphatic carbocycles. The normalized spacial score (nSPS) is 14.3. The lowest BCUT2D eigenvalue weighted by atomic mass is 9.33. The van der Waals surface area contributed by atoms with Gasteiger partial charge in [0.2, 0.25) is 0 Å². The number of nitrogens with zero attached hydrogens (tertiary/aromatic N) is 3. The van der Waals surface area contributed by atoms with Crippen LogP contribution >= 0.6 is 0 Å². The van der Waals surface area contributed by atoms with Crippen molar-refractivity contribution in [3.8, 4) is 22.3 Å². The zero-order chi connectivity index (χ0) is 52.8. The van der Waals surface area contributed by atoms with Crippen molar-refractivity contribution in [3.05, 3.63) is 263 Å². The first kappa shape index (κ1) is 47.1. The van der Waals surface area contributed by atoms with Crippen LogP contribution in [0, 0.1) is 0 Å².